The SMILES string of the molecule is COCOc1c(C)c(C)cc2c1[C@@H]1C3[C@@H]4SCC(C)C(=O)OC[C@H](c5c6c(c(C)c(O)c54)OCO6)N3[C@@H](C#N)[C@@H](C2)N1C. The number of hydrogen-bond acceptors (Lipinski definition) is 11. The van der Waals surface area contributed by atoms with E-state index in [0.717, 1.165) is 33.6 Å². The third-order valence-electron chi connectivity index (χ3n) is 10.1. The van der Waals surface area contributed by atoms with Crippen molar-refractivity contribution in [1.29, 1.82) is 5.26 Å². The van der Waals surface area contributed by atoms with Crippen LogP contribution in [0.5, 0.6) is 23.0 Å². The van der Waals surface area contributed by atoms with Gasteiger partial charge in [0.05, 0.1) is 29.3 Å². The van der Waals surface area contributed by atoms with Gasteiger partial charge in [0.25, 0.3) is 0 Å². The maximum atomic E-state index is 13.1. The number of methoxy groups -OCH3 is 1. The van der Waals surface area contributed by atoms with Gasteiger partial charge in [0.2, 0.25) is 6.79 Å². The highest BCUT2D eigenvalue weighted by atomic mass is 32.2. The van der Waals surface area contributed by atoms with Gasteiger partial charge in [0, 0.05) is 47.2 Å². The van der Waals surface area contributed by atoms with Crippen molar-refractivity contribution in [1.82, 2.24) is 9.80 Å². The zero-order valence-electron chi connectivity index (χ0n) is 25.3. The second kappa shape index (κ2) is 10.5. The molecule has 2 aromatic rings. The molecular formula is C32H37N3O7S. The number of fused-ring (bicyclic) bond motifs is 9. The number of phenols is 1. The minimum atomic E-state index is -0.521. The minimum absolute atomic E-state index is 0.0382. The molecule has 0 amide bonds. The second-order valence-electron chi connectivity index (χ2n) is 12.3. The first-order valence-corrected chi connectivity index (χ1v) is 15.8. The number of esters is 1. The van der Waals surface area contributed by atoms with Gasteiger partial charge < -0.3 is 28.8 Å². The molecule has 4 bridgehead atoms. The van der Waals surface area contributed by atoms with Crippen molar-refractivity contribution in [2.45, 2.75) is 69.6 Å². The van der Waals surface area contributed by atoms with Gasteiger partial charge in [-0.2, -0.15) is 17.0 Å². The summed E-state index contributed by atoms with van der Waals surface area (Å²) in [5.74, 6) is 1.96. The Labute approximate surface area is 255 Å². The van der Waals surface area contributed by atoms with Crippen LogP contribution in [0.2, 0.25) is 0 Å². The van der Waals surface area contributed by atoms with Crippen molar-refractivity contribution >= 4 is 17.7 Å². The van der Waals surface area contributed by atoms with Crippen molar-refractivity contribution in [2.24, 2.45) is 5.92 Å². The number of likely N-dealkylation sites (N-methyl/N-ethyl adjacent to an activating group) is 1. The summed E-state index contributed by atoms with van der Waals surface area (Å²) in [5, 5.41) is 22.4. The lowest BCUT2D eigenvalue weighted by Crippen LogP contribution is -2.69. The number of phenolic OH excluding ortho intramolecular Hbond substituents is 1. The van der Waals surface area contributed by atoms with Gasteiger partial charge in [-0.1, -0.05) is 13.0 Å². The third-order valence-corrected chi connectivity index (χ3v) is 11.7. The molecule has 0 spiro atoms. The molecule has 10 nitrogen and oxygen atoms in total. The van der Waals surface area contributed by atoms with Gasteiger partial charge in [-0.25, -0.2) is 0 Å². The number of carbonyl (C=O) groups is 1. The molecule has 2 saturated heterocycles. The van der Waals surface area contributed by atoms with E-state index in [2.05, 4.69) is 42.8 Å². The zero-order valence-corrected chi connectivity index (χ0v) is 26.1. The number of carbonyl (C=O) groups excluding carboxylic acids is 1. The van der Waals surface area contributed by atoms with E-state index in [-0.39, 0.29) is 61.2 Å². The van der Waals surface area contributed by atoms with Gasteiger partial charge >= 0.3 is 5.97 Å². The van der Waals surface area contributed by atoms with Gasteiger partial charge in [0.15, 0.2) is 18.3 Å². The maximum absolute atomic E-state index is 13.1. The topological polar surface area (TPSA) is 114 Å². The van der Waals surface area contributed by atoms with Crippen LogP contribution in [0.15, 0.2) is 6.07 Å². The molecule has 0 aromatic heterocycles. The Kier molecular flexibility index (Phi) is 6.97. The van der Waals surface area contributed by atoms with E-state index in [9.17, 15) is 15.2 Å². The predicted molar refractivity (Wildman–Crippen MR) is 158 cm³/mol. The first kappa shape index (κ1) is 28.6. The molecule has 5 aliphatic heterocycles. The summed E-state index contributed by atoms with van der Waals surface area (Å²) < 4.78 is 29.6. The molecule has 1 N–H and O–H groups in total. The number of rotatable bonds is 3. The normalized spacial score (nSPS) is 31.0. The fourth-order valence-electron chi connectivity index (χ4n) is 7.95. The quantitative estimate of drug-likeness (QED) is 0.400. The summed E-state index contributed by atoms with van der Waals surface area (Å²) in [7, 11) is 3.71. The second-order valence-corrected chi connectivity index (χ2v) is 13.5. The molecule has 0 saturated carbocycles. The molecule has 5 heterocycles. The van der Waals surface area contributed by atoms with Gasteiger partial charge in [-0.15, -0.1) is 0 Å². The van der Waals surface area contributed by atoms with E-state index in [4.69, 9.17) is 23.7 Å². The van der Waals surface area contributed by atoms with Crippen molar-refractivity contribution in [3.05, 3.63) is 45.0 Å². The van der Waals surface area contributed by atoms with Crippen LogP contribution in [0, 0.1) is 38.0 Å². The minimum Gasteiger partial charge on any atom is -0.507 e. The molecule has 7 atom stereocenters. The van der Waals surface area contributed by atoms with Gasteiger partial charge in [0.1, 0.15) is 24.1 Å². The number of hydrogen-bond donors (Lipinski definition) is 1. The highest BCUT2D eigenvalue weighted by Crippen LogP contribution is 2.63. The number of benzene rings is 2. The molecule has 2 aromatic carbocycles. The standard InChI is InChI=1S/C32H37N3O7S/c1-14-7-18-8-19-20(9-33)35-21-10-39-32(37)15(2)11-43-31(24-23(21)30-29(41-13-42-30)17(4)27(24)36)26(35)25(34(19)5)22(18)28(16(14)3)40-12-38-6/h7,15,19-21,25-26,31,36H,8,10-13H2,1-6H3/t15?,19-,20+,21-,25-,26?,31-/m1/s1. The molecule has 228 valence electrons. The number of nitriles is 1. The van der Waals surface area contributed by atoms with E-state index < -0.39 is 12.1 Å². The van der Waals surface area contributed by atoms with E-state index in [0.29, 0.717) is 29.2 Å². The maximum Gasteiger partial charge on any atom is 0.309 e. The van der Waals surface area contributed by atoms with Crippen LogP contribution < -0.4 is 14.2 Å². The number of piperazine rings is 1. The van der Waals surface area contributed by atoms with Crippen molar-refractivity contribution in [3.8, 4) is 29.1 Å². The summed E-state index contributed by atoms with van der Waals surface area (Å²) in [6.45, 7) is 8.09. The number of ether oxygens (including phenoxy) is 5. The zero-order chi connectivity index (χ0) is 30.3. The molecule has 0 radical (unpaired) electrons. The molecule has 2 unspecified atom stereocenters. The number of nitrogens with zero attached hydrogens (tertiary/aromatic N) is 3. The molecule has 2 fully saturated rings. The molecule has 5 aliphatic rings. The Hall–Kier alpha value is -3.17. The Morgan fingerprint density at radius 1 is 1.14 bits per heavy atom. The number of thioether (sulfide) groups is 1. The molecule has 7 rings (SSSR count). The fraction of sp³-hybridized carbons (Fsp3) is 0.562. The van der Waals surface area contributed by atoms with Crippen LogP contribution >= 0.6 is 11.8 Å². The monoisotopic (exact) mass is 607 g/mol. The summed E-state index contributed by atoms with van der Waals surface area (Å²) in [6, 6.07) is 3.32. The first-order chi connectivity index (χ1) is 20.7. The van der Waals surface area contributed by atoms with Crippen molar-refractivity contribution < 1.29 is 33.6 Å². The largest absolute Gasteiger partial charge is 0.507 e. The van der Waals surface area contributed by atoms with Crippen molar-refractivity contribution in [3.63, 3.8) is 0 Å². The van der Waals surface area contributed by atoms with Crippen LogP contribution in [0.3, 0.4) is 0 Å². The Bertz CT molecular complexity index is 1560. The third kappa shape index (κ3) is 3.99. The predicted octanol–water partition coefficient (Wildman–Crippen LogP) is 4.22. The lowest BCUT2D eigenvalue weighted by molar-refractivity contribution is -0.153. The Morgan fingerprint density at radius 3 is 2.65 bits per heavy atom. The van der Waals surface area contributed by atoms with Crippen molar-refractivity contribution in [2.75, 3.05) is 40.1 Å². The van der Waals surface area contributed by atoms with E-state index in [1.54, 1.807) is 18.9 Å². The molecule has 43 heavy (non-hydrogen) atoms. The summed E-state index contributed by atoms with van der Waals surface area (Å²) >= 11 is 1.63. The van der Waals surface area contributed by atoms with Crippen LogP contribution in [0.1, 0.15) is 63.2 Å². The van der Waals surface area contributed by atoms with Crippen LogP contribution in [0.4, 0.5) is 0 Å². The smallest absolute Gasteiger partial charge is 0.309 e. The molecule has 0 aliphatic carbocycles. The van der Waals surface area contributed by atoms with Gasteiger partial charge in [-0.3, -0.25) is 14.6 Å². The fourth-order valence-corrected chi connectivity index (χ4v) is 9.47. The number of aryl methyl sites for hydroxylation is 1. The number of aromatic hydroxyl groups is 1. The van der Waals surface area contributed by atoms with E-state index in [1.807, 2.05) is 13.8 Å². The average molecular weight is 608 g/mol. The Morgan fingerprint density at radius 2 is 1.91 bits per heavy atom. The van der Waals surface area contributed by atoms with Gasteiger partial charge in [-0.05, 0) is 50.9 Å². The van der Waals surface area contributed by atoms with E-state index >= 15 is 0 Å². The summed E-state index contributed by atoms with van der Waals surface area (Å²) in [4.78, 5) is 17.6. The average Bonchev–Trinajstić information content (AvgIpc) is 3.48. The highest BCUT2D eigenvalue weighted by molar-refractivity contribution is 7.99. The van der Waals surface area contributed by atoms with Crippen LogP contribution in [-0.4, -0.2) is 79.1 Å². The van der Waals surface area contributed by atoms with Crippen LogP contribution in [-0.2, 0) is 20.7 Å². The lowest BCUT2D eigenvalue weighted by atomic mass is 9.71. The van der Waals surface area contributed by atoms with E-state index in [1.165, 1.54) is 5.56 Å². The molecule has 11 heteroatoms. The first-order valence-electron chi connectivity index (χ1n) is 14.8. The highest BCUT2D eigenvalue weighted by Gasteiger charge is 2.60. The summed E-state index contributed by atoms with van der Waals surface area (Å²) in [5.41, 5.74) is 6.62. The lowest BCUT2D eigenvalue weighted by Gasteiger charge is -2.61. The molecular weight excluding hydrogens is 570 g/mol. The number of cyclic esters (lactones) is 1. The summed E-state index contributed by atoms with van der Waals surface area (Å²) in [6.07, 6.45) is 0.666. The Balaban J connectivity index is 1.53. The van der Waals surface area contributed by atoms with Crippen LogP contribution in [0.25, 0.3) is 0 Å².